The molecular weight excluding hydrogens is 639 g/mol. The Kier molecular flexibility index (Phi) is 10.8. The van der Waals surface area contributed by atoms with Gasteiger partial charge in [-0.3, -0.25) is 10.1 Å². The summed E-state index contributed by atoms with van der Waals surface area (Å²) in [6.07, 6.45) is -5.98. The van der Waals surface area contributed by atoms with E-state index in [1.165, 1.54) is 43.3 Å². The van der Waals surface area contributed by atoms with Crippen LogP contribution in [0.15, 0.2) is 53.4 Å². The molecule has 0 saturated carbocycles. The van der Waals surface area contributed by atoms with Crippen molar-refractivity contribution < 1.29 is 50.2 Å². The van der Waals surface area contributed by atoms with Gasteiger partial charge in [-0.05, 0) is 76.6 Å². The standard InChI is InChI=1S/C29H36F3N3O8S2/c1-27(2,3)43-25(37)22(16-18-8-10-19(11-9-18)41-26(38)34(6)7)35(24(36)23-33-28(4,5)17-44-23)45(39,40)21-14-12-20(13-15-21)42-29(30,31)32/h8-15,22-23,33H,16-17H2,1-7H3/t22-,23-/m0/s1. The number of nitrogens with zero attached hydrogens (tertiary/aromatic N) is 2. The van der Waals surface area contributed by atoms with Crippen molar-refractivity contribution >= 4 is 39.8 Å². The number of sulfonamides is 1. The number of hydrogen-bond acceptors (Lipinski definition) is 10. The molecule has 0 aromatic heterocycles. The van der Waals surface area contributed by atoms with E-state index in [4.69, 9.17) is 9.47 Å². The van der Waals surface area contributed by atoms with Crippen LogP contribution < -0.4 is 14.8 Å². The molecule has 2 aromatic carbocycles. The summed E-state index contributed by atoms with van der Waals surface area (Å²) in [5, 5.41) is 2.00. The summed E-state index contributed by atoms with van der Waals surface area (Å²) in [5.74, 6) is -2.03. The molecule has 1 N–H and O–H groups in total. The van der Waals surface area contributed by atoms with E-state index in [-0.39, 0.29) is 12.2 Å². The number of halogens is 3. The Hall–Kier alpha value is -3.50. The summed E-state index contributed by atoms with van der Waals surface area (Å²) < 4.78 is 81.6. The minimum Gasteiger partial charge on any atom is -0.458 e. The van der Waals surface area contributed by atoms with E-state index in [0.29, 0.717) is 15.6 Å². The van der Waals surface area contributed by atoms with Crippen LogP contribution in [0.5, 0.6) is 11.5 Å². The second kappa shape index (κ2) is 13.5. The Bertz CT molecular complexity index is 1490. The second-order valence-corrected chi connectivity index (χ2v) is 14.9. The lowest BCUT2D eigenvalue weighted by atomic mass is 10.0. The number of thioether (sulfide) groups is 1. The fourth-order valence-corrected chi connectivity index (χ4v) is 7.02. The zero-order valence-electron chi connectivity index (χ0n) is 25.8. The number of rotatable bonds is 9. The minimum atomic E-state index is -5.01. The first kappa shape index (κ1) is 36.0. The lowest BCUT2D eigenvalue weighted by Crippen LogP contribution is -2.56. The number of esters is 1. The van der Waals surface area contributed by atoms with E-state index in [2.05, 4.69) is 10.1 Å². The highest BCUT2D eigenvalue weighted by Gasteiger charge is 2.47. The third-order valence-electron chi connectivity index (χ3n) is 6.07. The first-order chi connectivity index (χ1) is 20.6. The summed E-state index contributed by atoms with van der Waals surface area (Å²) in [4.78, 5) is 40.4. The number of alkyl halides is 3. The van der Waals surface area contributed by atoms with Gasteiger partial charge in [-0.1, -0.05) is 12.1 Å². The highest BCUT2D eigenvalue weighted by atomic mass is 32.2. The molecule has 2 atom stereocenters. The fraction of sp³-hybridized carbons (Fsp3) is 0.483. The number of carbonyl (C=O) groups excluding carboxylic acids is 3. The van der Waals surface area contributed by atoms with Crippen LogP contribution in [0.4, 0.5) is 18.0 Å². The number of benzene rings is 2. The number of hydrogen-bond donors (Lipinski definition) is 1. The molecule has 2 aromatic rings. The van der Waals surface area contributed by atoms with Crippen molar-refractivity contribution in [2.45, 2.75) is 74.9 Å². The van der Waals surface area contributed by atoms with E-state index < -0.39 is 67.6 Å². The van der Waals surface area contributed by atoms with Gasteiger partial charge in [-0.15, -0.1) is 24.9 Å². The molecule has 0 unspecified atom stereocenters. The Morgan fingerprint density at radius 1 is 1.00 bits per heavy atom. The highest BCUT2D eigenvalue weighted by Crippen LogP contribution is 2.32. The Morgan fingerprint density at radius 2 is 1.56 bits per heavy atom. The third kappa shape index (κ3) is 9.99. The predicted molar refractivity (Wildman–Crippen MR) is 160 cm³/mol. The number of nitrogens with one attached hydrogen (secondary N) is 1. The summed E-state index contributed by atoms with van der Waals surface area (Å²) in [5.41, 5.74) is -1.22. The molecule has 16 heteroatoms. The van der Waals surface area contributed by atoms with Gasteiger partial charge in [0, 0.05) is 31.8 Å². The summed E-state index contributed by atoms with van der Waals surface area (Å²) in [7, 11) is -1.86. The van der Waals surface area contributed by atoms with E-state index >= 15 is 0 Å². The quantitative estimate of drug-likeness (QED) is 0.378. The van der Waals surface area contributed by atoms with Gasteiger partial charge in [-0.2, -0.15) is 0 Å². The fourth-order valence-electron chi connectivity index (χ4n) is 4.09. The summed E-state index contributed by atoms with van der Waals surface area (Å²) in [6, 6.07) is 7.47. The van der Waals surface area contributed by atoms with Crippen molar-refractivity contribution in [3.05, 3.63) is 54.1 Å². The van der Waals surface area contributed by atoms with E-state index in [0.717, 1.165) is 36.0 Å². The molecule has 1 saturated heterocycles. The van der Waals surface area contributed by atoms with Crippen LogP contribution in [0.25, 0.3) is 0 Å². The summed E-state index contributed by atoms with van der Waals surface area (Å²) in [6.45, 7) is 8.37. The maximum absolute atomic E-state index is 14.2. The van der Waals surface area contributed by atoms with Crippen LogP contribution in [0.1, 0.15) is 40.2 Å². The van der Waals surface area contributed by atoms with Crippen molar-refractivity contribution in [2.75, 3.05) is 19.8 Å². The molecule has 2 amide bonds. The first-order valence-electron chi connectivity index (χ1n) is 13.6. The van der Waals surface area contributed by atoms with Crippen LogP contribution in [0.2, 0.25) is 0 Å². The maximum atomic E-state index is 14.2. The highest BCUT2D eigenvalue weighted by molar-refractivity contribution is 8.01. The SMILES string of the molecule is CN(C)C(=O)Oc1ccc(C[C@@H](C(=O)OC(C)(C)C)N(C(=O)[C@H]2NC(C)(C)CS2)S(=O)(=O)c2ccc(OC(F)(F)F)cc2)cc1. The monoisotopic (exact) mass is 675 g/mol. The van der Waals surface area contributed by atoms with Gasteiger partial charge in [0.15, 0.2) is 0 Å². The van der Waals surface area contributed by atoms with E-state index in [1.54, 1.807) is 20.8 Å². The van der Waals surface area contributed by atoms with Crippen LogP contribution in [0, 0.1) is 0 Å². The molecular formula is C29H36F3N3O8S2. The lowest BCUT2D eigenvalue weighted by molar-refractivity contribution is -0.274. The minimum absolute atomic E-state index is 0.182. The molecule has 11 nitrogen and oxygen atoms in total. The molecule has 1 fully saturated rings. The Labute approximate surface area is 264 Å². The molecule has 45 heavy (non-hydrogen) atoms. The number of ether oxygens (including phenoxy) is 3. The zero-order chi connectivity index (χ0) is 34.0. The molecule has 0 radical (unpaired) electrons. The van der Waals surface area contributed by atoms with Gasteiger partial charge in [0.2, 0.25) is 0 Å². The average Bonchev–Trinajstić information content (AvgIpc) is 3.27. The molecule has 3 rings (SSSR count). The largest absolute Gasteiger partial charge is 0.573 e. The van der Waals surface area contributed by atoms with Crippen molar-refractivity contribution in [2.24, 2.45) is 0 Å². The van der Waals surface area contributed by atoms with Gasteiger partial charge < -0.3 is 19.1 Å². The van der Waals surface area contributed by atoms with Crippen LogP contribution in [-0.4, -0.2) is 84.4 Å². The topological polar surface area (TPSA) is 132 Å². The molecule has 0 spiro atoms. The van der Waals surface area contributed by atoms with Gasteiger partial charge in [0.1, 0.15) is 28.5 Å². The average molecular weight is 676 g/mol. The number of amides is 2. The van der Waals surface area contributed by atoms with Gasteiger partial charge in [0.25, 0.3) is 15.9 Å². The zero-order valence-corrected chi connectivity index (χ0v) is 27.4. The van der Waals surface area contributed by atoms with Crippen LogP contribution >= 0.6 is 11.8 Å². The van der Waals surface area contributed by atoms with Crippen molar-refractivity contribution in [3.63, 3.8) is 0 Å². The normalized spacial score (nSPS) is 17.2. The molecule has 1 aliphatic rings. The van der Waals surface area contributed by atoms with Crippen LogP contribution in [-0.2, 0) is 30.8 Å². The number of carbonyl (C=O) groups is 3. The predicted octanol–water partition coefficient (Wildman–Crippen LogP) is 4.56. The van der Waals surface area contributed by atoms with Gasteiger partial charge >= 0.3 is 18.4 Å². The smallest absolute Gasteiger partial charge is 0.458 e. The third-order valence-corrected chi connectivity index (χ3v) is 9.43. The Morgan fingerprint density at radius 3 is 2.02 bits per heavy atom. The van der Waals surface area contributed by atoms with E-state index in [9.17, 15) is 36.0 Å². The molecule has 0 aliphatic carbocycles. The second-order valence-electron chi connectivity index (χ2n) is 12.0. The Balaban J connectivity index is 2.10. The molecule has 248 valence electrons. The molecule has 1 heterocycles. The summed E-state index contributed by atoms with van der Waals surface area (Å²) >= 11 is 1.15. The maximum Gasteiger partial charge on any atom is 0.573 e. The van der Waals surface area contributed by atoms with Crippen molar-refractivity contribution in [1.29, 1.82) is 0 Å². The van der Waals surface area contributed by atoms with Gasteiger partial charge in [-0.25, -0.2) is 22.3 Å². The lowest BCUT2D eigenvalue weighted by Gasteiger charge is -2.33. The molecule has 1 aliphatic heterocycles. The van der Waals surface area contributed by atoms with E-state index in [1.807, 2.05) is 13.8 Å². The van der Waals surface area contributed by atoms with Gasteiger partial charge in [0.05, 0.1) is 4.90 Å². The van der Waals surface area contributed by atoms with Crippen LogP contribution in [0.3, 0.4) is 0 Å². The molecule has 0 bridgehead atoms. The van der Waals surface area contributed by atoms with Crippen molar-refractivity contribution in [3.8, 4) is 11.5 Å². The first-order valence-corrected chi connectivity index (χ1v) is 16.1. The van der Waals surface area contributed by atoms with Crippen molar-refractivity contribution in [1.82, 2.24) is 14.5 Å².